The van der Waals surface area contributed by atoms with E-state index in [1.807, 2.05) is 36.4 Å². The summed E-state index contributed by atoms with van der Waals surface area (Å²) in [4.78, 5) is 29.7. The van der Waals surface area contributed by atoms with Gasteiger partial charge in [0, 0.05) is 17.5 Å². The zero-order valence-corrected chi connectivity index (χ0v) is 20.6. The Morgan fingerprint density at radius 3 is 2.54 bits per heavy atom. The third kappa shape index (κ3) is 6.65. The molecule has 0 atom stereocenters. The fourth-order valence-corrected chi connectivity index (χ4v) is 4.60. The van der Waals surface area contributed by atoms with Crippen LogP contribution >= 0.6 is 0 Å². The van der Waals surface area contributed by atoms with Gasteiger partial charge in [-0.2, -0.15) is 4.98 Å². The van der Waals surface area contributed by atoms with Gasteiger partial charge in [-0.1, -0.05) is 74.5 Å². The van der Waals surface area contributed by atoms with Crippen molar-refractivity contribution >= 4 is 11.8 Å². The summed E-state index contributed by atoms with van der Waals surface area (Å²) in [6.07, 6.45) is 12.1. The van der Waals surface area contributed by atoms with E-state index in [-0.39, 0.29) is 6.61 Å². The van der Waals surface area contributed by atoms with E-state index < -0.39 is 11.8 Å². The first kappa shape index (κ1) is 24.8. The lowest BCUT2D eigenvalue weighted by Gasteiger charge is -2.18. The Morgan fingerprint density at radius 2 is 1.71 bits per heavy atom. The zero-order chi connectivity index (χ0) is 24.5. The van der Waals surface area contributed by atoms with E-state index in [2.05, 4.69) is 17.1 Å². The number of unbranched alkanes of at least 4 members (excludes halogenated alkanes) is 5. The number of ether oxygens (including phenoxy) is 1. The van der Waals surface area contributed by atoms with E-state index in [0.717, 1.165) is 61.0 Å². The summed E-state index contributed by atoms with van der Waals surface area (Å²) in [7, 11) is 0. The topological polar surface area (TPSA) is 82.3 Å². The van der Waals surface area contributed by atoms with Crippen molar-refractivity contribution in [2.24, 2.45) is 0 Å². The number of ketones is 1. The summed E-state index contributed by atoms with van der Waals surface area (Å²) in [6, 6.07) is 13.0. The van der Waals surface area contributed by atoms with Crippen molar-refractivity contribution < 1.29 is 18.8 Å². The number of aryl methyl sites for hydroxylation is 2. The Morgan fingerprint density at radius 1 is 0.943 bits per heavy atom. The van der Waals surface area contributed by atoms with E-state index in [4.69, 9.17) is 9.26 Å². The fraction of sp³-hybridized carbons (Fsp3) is 0.448. The Bertz CT molecular complexity index is 1130. The minimum Gasteiger partial charge on any atom is -0.455 e. The molecule has 0 amide bonds. The van der Waals surface area contributed by atoms with Crippen LogP contribution in [-0.2, 0) is 35.4 Å². The minimum atomic E-state index is -0.815. The largest absolute Gasteiger partial charge is 0.455 e. The number of hydrogen-bond acceptors (Lipinski definition) is 6. The van der Waals surface area contributed by atoms with Crippen LogP contribution < -0.4 is 0 Å². The van der Waals surface area contributed by atoms with Crippen LogP contribution in [0.2, 0.25) is 0 Å². The molecule has 4 rings (SSSR count). The van der Waals surface area contributed by atoms with Gasteiger partial charge >= 0.3 is 5.97 Å². The first-order valence-corrected chi connectivity index (χ1v) is 12.9. The second kappa shape index (κ2) is 12.4. The van der Waals surface area contributed by atoms with Crippen molar-refractivity contribution in [3.05, 3.63) is 70.5 Å². The summed E-state index contributed by atoms with van der Waals surface area (Å²) in [5.74, 6) is -0.165. The lowest BCUT2D eigenvalue weighted by molar-refractivity contribution is -0.139. The lowest BCUT2D eigenvalue weighted by atomic mass is 9.87. The third-order valence-corrected chi connectivity index (χ3v) is 6.62. The number of Topliss-reactive ketones (excluding diaryl/α,β-unsaturated/α-hetero) is 1. The summed E-state index contributed by atoms with van der Waals surface area (Å²) in [5.41, 5.74) is 4.25. The number of rotatable bonds is 12. The van der Waals surface area contributed by atoms with Gasteiger partial charge in [-0.05, 0) is 60.9 Å². The molecule has 0 unspecified atom stereocenters. The number of nitrogens with zero attached hydrogens (tertiary/aromatic N) is 2. The van der Waals surface area contributed by atoms with Gasteiger partial charge in [0.1, 0.15) is 6.61 Å². The van der Waals surface area contributed by atoms with Crippen molar-refractivity contribution in [1.29, 1.82) is 0 Å². The number of esters is 1. The van der Waals surface area contributed by atoms with Gasteiger partial charge in [0.25, 0.3) is 11.7 Å². The van der Waals surface area contributed by atoms with Crippen LogP contribution in [0, 0.1) is 0 Å². The molecule has 1 aliphatic rings. The Balaban J connectivity index is 1.27. The highest BCUT2D eigenvalue weighted by Crippen LogP contribution is 2.25. The molecule has 0 spiro atoms. The molecule has 1 heterocycles. The normalized spacial score (nSPS) is 12.8. The van der Waals surface area contributed by atoms with Crippen LogP contribution in [0.1, 0.15) is 91.2 Å². The predicted molar refractivity (Wildman–Crippen MR) is 134 cm³/mol. The Kier molecular flexibility index (Phi) is 8.82. The lowest BCUT2D eigenvalue weighted by Crippen LogP contribution is -2.20. The number of benzene rings is 2. The van der Waals surface area contributed by atoms with Crippen LogP contribution in [0.5, 0.6) is 0 Å². The molecular weight excluding hydrogens is 440 g/mol. The average molecular weight is 475 g/mol. The maximum Gasteiger partial charge on any atom is 0.380 e. The number of aromatic nitrogens is 2. The number of carbonyl (C=O) groups excluding carboxylic acids is 2. The van der Waals surface area contributed by atoms with Crippen LogP contribution in [0.25, 0.3) is 11.5 Å². The average Bonchev–Trinajstić information content (AvgIpc) is 3.38. The first-order chi connectivity index (χ1) is 17.2. The van der Waals surface area contributed by atoms with Gasteiger partial charge in [-0.15, -0.1) is 0 Å². The highest BCUT2D eigenvalue weighted by Gasteiger charge is 2.24. The molecule has 3 aromatic rings. The summed E-state index contributed by atoms with van der Waals surface area (Å²) >= 11 is 0. The second-order valence-corrected chi connectivity index (χ2v) is 9.29. The molecule has 1 aromatic heterocycles. The van der Waals surface area contributed by atoms with Gasteiger partial charge in [0.05, 0.1) is 0 Å². The molecule has 0 saturated heterocycles. The van der Waals surface area contributed by atoms with Crippen LogP contribution in [0.3, 0.4) is 0 Å². The predicted octanol–water partition coefficient (Wildman–Crippen LogP) is 6.44. The summed E-state index contributed by atoms with van der Waals surface area (Å²) in [6.45, 7) is 2.26. The maximum absolute atomic E-state index is 12.7. The van der Waals surface area contributed by atoms with Crippen molar-refractivity contribution in [3.63, 3.8) is 0 Å². The van der Waals surface area contributed by atoms with E-state index >= 15 is 0 Å². The first-order valence-electron chi connectivity index (χ1n) is 12.9. The zero-order valence-electron chi connectivity index (χ0n) is 20.6. The second-order valence-electron chi connectivity index (χ2n) is 9.29. The van der Waals surface area contributed by atoms with E-state index in [1.165, 1.54) is 37.7 Å². The van der Waals surface area contributed by atoms with Gasteiger partial charge in [-0.25, -0.2) is 4.79 Å². The molecular formula is C29H34N2O4. The Labute approximate surface area is 207 Å². The van der Waals surface area contributed by atoms with Crippen molar-refractivity contribution in [2.45, 2.75) is 84.2 Å². The number of carbonyl (C=O) groups is 2. The highest BCUT2D eigenvalue weighted by atomic mass is 16.5. The fourth-order valence-electron chi connectivity index (χ4n) is 4.60. The SMILES string of the molecule is CCCCCCCCc1noc(-c2ccc(COC(=O)C(=O)c3cccc4c3CCCC4)cc2)n1. The van der Waals surface area contributed by atoms with Gasteiger partial charge in [-0.3, -0.25) is 4.79 Å². The van der Waals surface area contributed by atoms with E-state index in [0.29, 0.717) is 11.5 Å². The molecule has 184 valence electrons. The number of hydrogen-bond donors (Lipinski definition) is 0. The van der Waals surface area contributed by atoms with Crippen molar-refractivity contribution in [3.8, 4) is 11.5 Å². The molecule has 0 bridgehead atoms. The van der Waals surface area contributed by atoms with E-state index in [9.17, 15) is 9.59 Å². The Hall–Kier alpha value is -3.28. The molecule has 0 N–H and O–H groups in total. The third-order valence-electron chi connectivity index (χ3n) is 6.62. The molecule has 0 radical (unpaired) electrons. The molecule has 0 saturated carbocycles. The summed E-state index contributed by atoms with van der Waals surface area (Å²) in [5, 5.41) is 4.09. The van der Waals surface area contributed by atoms with Gasteiger partial charge in [0.2, 0.25) is 0 Å². The monoisotopic (exact) mass is 474 g/mol. The van der Waals surface area contributed by atoms with Crippen LogP contribution in [0.15, 0.2) is 47.0 Å². The molecule has 0 aliphatic heterocycles. The molecule has 1 aliphatic carbocycles. The van der Waals surface area contributed by atoms with Crippen molar-refractivity contribution in [2.75, 3.05) is 0 Å². The molecule has 6 nitrogen and oxygen atoms in total. The standard InChI is InChI=1S/C29H34N2O4/c1-2-3-4-5-6-7-15-26-30-28(35-31-26)23-18-16-21(17-19-23)20-34-29(33)27(32)25-14-10-12-22-11-8-9-13-24(22)25/h10,12,14,16-19H,2-9,11,13,15,20H2,1H3. The molecule has 0 fully saturated rings. The molecule has 2 aromatic carbocycles. The van der Waals surface area contributed by atoms with E-state index in [1.54, 1.807) is 6.07 Å². The van der Waals surface area contributed by atoms with Gasteiger partial charge < -0.3 is 9.26 Å². The molecule has 35 heavy (non-hydrogen) atoms. The van der Waals surface area contributed by atoms with Crippen molar-refractivity contribution in [1.82, 2.24) is 10.1 Å². The summed E-state index contributed by atoms with van der Waals surface area (Å²) < 4.78 is 10.7. The highest BCUT2D eigenvalue weighted by molar-refractivity contribution is 6.41. The quantitative estimate of drug-likeness (QED) is 0.130. The molecule has 6 heteroatoms. The smallest absolute Gasteiger partial charge is 0.380 e. The number of fused-ring (bicyclic) bond motifs is 1. The van der Waals surface area contributed by atoms with Crippen LogP contribution in [0.4, 0.5) is 0 Å². The van der Waals surface area contributed by atoms with Crippen LogP contribution in [-0.4, -0.2) is 21.9 Å². The minimum absolute atomic E-state index is 0.0347. The van der Waals surface area contributed by atoms with Gasteiger partial charge in [0.15, 0.2) is 5.82 Å². The maximum atomic E-state index is 12.7.